The summed E-state index contributed by atoms with van der Waals surface area (Å²) in [7, 11) is 0. The molecule has 0 spiro atoms. The van der Waals surface area contributed by atoms with Gasteiger partial charge in [-0.25, -0.2) is 4.98 Å². The zero-order chi connectivity index (χ0) is 22.6. The van der Waals surface area contributed by atoms with Gasteiger partial charge in [0.15, 0.2) is 0 Å². The summed E-state index contributed by atoms with van der Waals surface area (Å²) in [6.45, 7) is 4.89. The Morgan fingerprint density at radius 1 is 1.06 bits per heavy atom. The van der Waals surface area contributed by atoms with Gasteiger partial charge in [-0.3, -0.25) is 9.69 Å². The first-order valence-electron chi connectivity index (χ1n) is 11.3. The van der Waals surface area contributed by atoms with Gasteiger partial charge in [0, 0.05) is 51.4 Å². The van der Waals surface area contributed by atoms with Crippen LogP contribution in [0.3, 0.4) is 0 Å². The predicted octanol–water partition coefficient (Wildman–Crippen LogP) is 3.88. The second-order valence-corrected chi connectivity index (χ2v) is 8.60. The molecule has 2 aromatic rings. The van der Waals surface area contributed by atoms with Crippen molar-refractivity contribution >= 4 is 11.7 Å². The summed E-state index contributed by atoms with van der Waals surface area (Å²) >= 11 is 0. The first-order valence-corrected chi connectivity index (χ1v) is 11.3. The Kier molecular flexibility index (Phi) is 6.98. The Bertz CT molecular complexity index is 908. The van der Waals surface area contributed by atoms with E-state index in [1.54, 1.807) is 0 Å². The molecule has 3 heterocycles. The summed E-state index contributed by atoms with van der Waals surface area (Å²) in [6.07, 6.45) is -0.157. The second-order valence-electron chi connectivity index (χ2n) is 8.60. The van der Waals surface area contributed by atoms with Crippen LogP contribution >= 0.6 is 0 Å². The molecule has 0 aliphatic carbocycles. The molecular formula is C24H29F3N4O. The number of hydrogen-bond donors (Lipinski definition) is 1. The van der Waals surface area contributed by atoms with E-state index in [-0.39, 0.29) is 11.8 Å². The van der Waals surface area contributed by atoms with Crippen molar-refractivity contribution in [3.63, 3.8) is 0 Å². The minimum Gasteiger partial charge on any atom is -0.357 e. The number of nitrogens with zero attached hydrogens (tertiary/aromatic N) is 3. The molecule has 2 aliphatic rings. The van der Waals surface area contributed by atoms with Crippen molar-refractivity contribution in [2.75, 3.05) is 37.6 Å². The smallest absolute Gasteiger partial charge is 0.357 e. The van der Waals surface area contributed by atoms with Gasteiger partial charge < -0.3 is 10.2 Å². The minimum absolute atomic E-state index is 0.0532. The van der Waals surface area contributed by atoms with Gasteiger partial charge >= 0.3 is 6.18 Å². The summed E-state index contributed by atoms with van der Waals surface area (Å²) in [5, 5.41) is 3.07. The Balaban J connectivity index is 1.15. The van der Waals surface area contributed by atoms with Crippen LogP contribution in [0.4, 0.5) is 19.0 Å². The van der Waals surface area contributed by atoms with Crippen molar-refractivity contribution in [3.8, 4) is 0 Å². The quantitative estimate of drug-likeness (QED) is 0.685. The Hall–Kier alpha value is -2.61. The van der Waals surface area contributed by atoms with Gasteiger partial charge in [0.1, 0.15) is 5.82 Å². The van der Waals surface area contributed by atoms with E-state index in [0.29, 0.717) is 38.3 Å². The molecule has 1 aromatic heterocycles. The van der Waals surface area contributed by atoms with Crippen molar-refractivity contribution < 1.29 is 18.0 Å². The molecule has 0 unspecified atom stereocenters. The average Bonchev–Trinajstić information content (AvgIpc) is 2.81. The number of amides is 1. The average molecular weight is 447 g/mol. The van der Waals surface area contributed by atoms with Crippen molar-refractivity contribution in [2.24, 2.45) is 5.92 Å². The summed E-state index contributed by atoms with van der Waals surface area (Å²) in [4.78, 5) is 20.9. The summed E-state index contributed by atoms with van der Waals surface area (Å²) in [5.74, 6) is 0.552. The Labute approximate surface area is 186 Å². The third kappa shape index (κ3) is 5.59. The zero-order valence-corrected chi connectivity index (χ0v) is 18.1. The van der Waals surface area contributed by atoms with Crippen LogP contribution in [0.2, 0.25) is 0 Å². The van der Waals surface area contributed by atoms with E-state index in [2.05, 4.69) is 39.5 Å². The number of aromatic nitrogens is 1. The second kappa shape index (κ2) is 9.90. The highest BCUT2D eigenvalue weighted by atomic mass is 19.4. The van der Waals surface area contributed by atoms with E-state index < -0.39 is 11.7 Å². The fourth-order valence-corrected chi connectivity index (χ4v) is 4.52. The number of benzene rings is 1. The molecule has 4 rings (SSSR count). The van der Waals surface area contributed by atoms with Gasteiger partial charge in [0.05, 0.1) is 5.56 Å². The van der Waals surface area contributed by atoms with E-state index in [1.807, 2.05) is 4.90 Å². The van der Waals surface area contributed by atoms with Crippen LogP contribution in [0.25, 0.3) is 0 Å². The lowest BCUT2D eigenvalue weighted by molar-refractivity contribution is -0.137. The van der Waals surface area contributed by atoms with Crippen molar-refractivity contribution in [2.45, 2.75) is 38.4 Å². The molecule has 172 valence electrons. The largest absolute Gasteiger partial charge is 0.417 e. The van der Waals surface area contributed by atoms with Crippen LogP contribution < -0.4 is 10.2 Å². The topological polar surface area (TPSA) is 48.5 Å². The number of halogens is 3. The maximum absolute atomic E-state index is 12.7. The molecule has 0 bridgehead atoms. The molecule has 1 N–H and O–H groups in total. The molecule has 2 aliphatic heterocycles. The molecular weight excluding hydrogens is 417 g/mol. The molecule has 0 saturated carbocycles. The van der Waals surface area contributed by atoms with Gasteiger partial charge in [0.2, 0.25) is 5.91 Å². The Morgan fingerprint density at radius 2 is 1.81 bits per heavy atom. The van der Waals surface area contributed by atoms with Gasteiger partial charge in [-0.2, -0.15) is 13.2 Å². The SMILES string of the molecule is O=C(NCCCN1CCc2ccccc2C1)C1CCN(c2ccc(C(F)(F)F)cn2)CC1. The molecule has 0 atom stereocenters. The van der Waals surface area contributed by atoms with E-state index >= 15 is 0 Å². The number of pyridine rings is 1. The highest BCUT2D eigenvalue weighted by Gasteiger charge is 2.31. The molecule has 8 heteroatoms. The molecule has 32 heavy (non-hydrogen) atoms. The van der Waals surface area contributed by atoms with Crippen LogP contribution in [0, 0.1) is 5.92 Å². The van der Waals surface area contributed by atoms with E-state index in [1.165, 1.54) is 17.2 Å². The number of alkyl halides is 3. The Morgan fingerprint density at radius 3 is 2.50 bits per heavy atom. The summed E-state index contributed by atoms with van der Waals surface area (Å²) in [5.41, 5.74) is 2.09. The van der Waals surface area contributed by atoms with Crippen LogP contribution in [0.1, 0.15) is 36.0 Å². The van der Waals surface area contributed by atoms with E-state index in [4.69, 9.17) is 0 Å². The van der Waals surface area contributed by atoms with Crippen LogP contribution in [0.5, 0.6) is 0 Å². The van der Waals surface area contributed by atoms with Gasteiger partial charge in [-0.15, -0.1) is 0 Å². The normalized spacial score (nSPS) is 17.8. The third-order valence-electron chi connectivity index (χ3n) is 6.42. The number of nitrogens with one attached hydrogen (secondary N) is 1. The van der Waals surface area contributed by atoms with E-state index in [9.17, 15) is 18.0 Å². The molecule has 1 aromatic carbocycles. The fraction of sp³-hybridized carbons (Fsp3) is 0.500. The minimum atomic E-state index is -4.38. The number of anilines is 1. The molecule has 1 saturated heterocycles. The van der Waals surface area contributed by atoms with Gasteiger partial charge in [0.25, 0.3) is 0 Å². The number of fused-ring (bicyclic) bond motifs is 1. The maximum atomic E-state index is 12.7. The van der Waals surface area contributed by atoms with Crippen molar-refractivity contribution in [1.82, 2.24) is 15.2 Å². The molecule has 0 radical (unpaired) electrons. The lowest BCUT2D eigenvalue weighted by Gasteiger charge is -2.32. The lowest BCUT2D eigenvalue weighted by Crippen LogP contribution is -2.41. The summed E-state index contributed by atoms with van der Waals surface area (Å²) < 4.78 is 38.1. The molecule has 1 fully saturated rings. The van der Waals surface area contributed by atoms with Crippen LogP contribution in [-0.4, -0.2) is 48.5 Å². The third-order valence-corrected chi connectivity index (χ3v) is 6.42. The number of piperidine rings is 1. The number of hydrogen-bond acceptors (Lipinski definition) is 4. The highest BCUT2D eigenvalue weighted by molar-refractivity contribution is 5.78. The summed E-state index contributed by atoms with van der Waals surface area (Å²) in [6, 6.07) is 11.0. The van der Waals surface area contributed by atoms with Gasteiger partial charge in [-0.05, 0) is 48.9 Å². The van der Waals surface area contributed by atoms with Crippen LogP contribution in [0.15, 0.2) is 42.6 Å². The van der Waals surface area contributed by atoms with Crippen molar-refractivity contribution in [1.29, 1.82) is 0 Å². The van der Waals surface area contributed by atoms with Crippen molar-refractivity contribution in [3.05, 3.63) is 59.3 Å². The molecule has 5 nitrogen and oxygen atoms in total. The highest BCUT2D eigenvalue weighted by Crippen LogP contribution is 2.30. The first kappa shape index (κ1) is 22.6. The fourth-order valence-electron chi connectivity index (χ4n) is 4.52. The predicted molar refractivity (Wildman–Crippen MR) is 117 cm³/mol. The zero-order valence-electron chi connectivity index (χ0n) is 18.1. The number of carbonyl (C=O) groups excluding carboxylic acids is 1. The maximum Gasteiger partial charge on any atom is 0.417 e. The monoisotopic (exact) mass is 446 g/mol. The molecule has 1 amide bonds. The number of carbonyl (C=O) groups is 1. The number of rotatable bonds is 6. The van der Waals surface area contributed by atoms with E-state index in [0.717, 1.165) is 44.7 Å². The standard InChI is InChI=1S/C24H29F3N4O/c25-24(26,27)21-6-7-22(29-16-21)31-14-9-19(10-15-31)23(32)28-11-3-12-30-13-8-18-4-1-2-5-20(18)17-30/h1-2,4-7,16,19H,3,8-15,17H2,(H,28,32). The van der Waals surface area contributed by atoms with Crippen LogP contribution in [-0.2, 0) is 23.9 Å². The first-order chi connectivity index (χ1) is 15.4. The lowest BCUT2D eigenvalue weighted by atomic mass is 9.96. The van der Waals surface area contributed by atoms with Gasteiger partial charge in [-0.1, -0.05) is 24.3 Å².